The second-order valence-corrected chi connectivity index (χ2v) is 13.2. The molecule has 9 nitrogen and oxygen atoms in total. The van der Waals surface area contributed by atoms with Crippen molar-refractivity contribution in [2.75, 3.05) is 18.6 Å². The van der Waals surface area contributed by atoms with Crippen LogP contribution in [0.5, 0.6) is 11.5 Å². The summed E-state index contributed by atoms with van der Waals surface area (Å²) < 4.78 is 7.72. The first-order chi connectivity index (χ1) is 24.1. The maximum absolute atomic E-state index is 14.7. The standard InChI is InChI=1S/C41H40N4O5/c1-26-18-28-10-8-9-11-29(28)24-45(26)41(49)37-20-31-23-44(39(47)25-50-34-12-6-5-7-13-34)22-30(31)19-36(37)38-21-35(27(2)42(38)3)40(48)43(4)32-14-16-33(46)17-15-32/h5-17,19-21,26,46H,18,22-25H2,1-4H3/t26-/m1/s1. The van der Waals surface area contributed by atoms with Crippen molar-refractivity contribution in [3.63, 3.8) is 0 Å². The van der Waals surface area contributed by atoms with E-state index in [0.29, 0.717) is 47.8 Å². The molecule has 2 aliphatic heterocycles. The Balaban J connectivity index is 1.25. The number of phenolic OH excluding ortho intramolecular Hbond substituents is 1. The number of hydrogen-bond donors (Lipinski definition) is 1. The molecule has 3 amide bonds. The molecular weight excluding hydrogens is 628 g/mol. The Morgan fingerprint density at radius 2 is 1.48 bits per heavy atom. The first-order valence-electron chi connectivity index (χ1n) is 16.8. The van der Waals surface area contributed by atoms with E-state index in [0.717, 1.165) is 34.5 Å². The first-order valence-corrected chi connectivity index (χ1v) is 16.8. The Hall–Kier alpha value is -5.83. The molecule has 0 saturated carbocycles. The summed E-state index contributed by atoms with van der Waals surface area (Å²) >= 11 is 0. The molecule has 0 unspecified atom stereocenters. The van der Waals surface area contributed by atoms with E-state index >= 15 is 0 Å². The minimum atomic E-state index is -0.208. The number of nitrogens with zero attached hydrogens (tertiary/aromatic N) is 4. The van der Waals surface area contributed by atoms with Gasteiger partial charge >= 0.3 is 0 Å². The Morgan fingerprint density at radius 3 is 2.20 bits per heavy atom. The van der Waals surface area contributed by atoms with Crippen molar-refractivity contribution >= 4 is 23.4 Å². The highest BCUT2D eigenvalue weighted by molar-refractivity contribution is 6.08. The fourth-order valence-corrected chi connectivity index (χ4v) is 7.02. The van der Waals surface area contributed by atoms with Crippen molar-refractivity contribution in [2.24, 2.45) is 7.05 Å². The highest BCUT2D eigenvalue weighted by Gasteiger charge is 2.33. The van der Waals surface area contributed by atoms with Crippen LogP contribution in [0.4, 0.5) is 5.69 Å². The zero-order chi connectivity index (χ0) is 35.1. The molecule has 0 spiro atoms. The molecule has 254 valence electrons. The molecule has 0 radical (unpaired) electrons. The molecule has 0 bridgehead atoms. The van der Waals surface area contributed by atoms with E-state index in [1.165, 1.54) is 5.56 Å². The van der Waals surface area contributed by atoms with Gasteiger partial charge in [-0.3, -0.25) is 14.4 Å². The third-order valence-corrected chi connectivity index (χ3v) is 10.1. The predicted octanol–water partition coefficient (Wildman–Crippen LogP) is 6.49. The lowest BCUT2D eigenvalue weighted by molar-refractivity contribution is -0.134. The van der Waals surface area contributed by atoms with Crippen LogP contribution in [0, 0.1) is 6.92 Å². The van der Waals surface area contributed by atoms with Crippen molar-refractivity contribution in [3.8, 4) is 22.8 Å². The average molecular weight is 669 g/mol. The van der Waals surface area contributed by atoms with Gasteiger partial charge in [-0.2, -0.15) is 0 Å². The lowest BCUT2D eigenvalue weighted by Crippen LogP contribution is -2.42. The molecule has 2 aliphatic rings. The van der Waals surface area contributed by atoms with E-state index < -0.39 is 0 Å². The molecule has 1 atom stereocenters. The molecule has 5 aromatic rings. The van der Waals surface area contributed by atoms with Gasteiger partial charge in [0.1, 0.15) is 11.5 Å². The van der Waals surface area contributed by atoms with Crippen LogP contribution in [-0.2, 0) is 37.9 Å². The average Bonchev–Trinajstić information content (AvgIpc) is 3.69. The number of carbonyl (C=O) groups excluding carboxylic acids is 3. The van der Waals surface area contributed by atoms with Gasteiger partial charge in [-0.15, -0.1) is 0 Å². The molecule has 1 aromatic heterocycles. The summed E-state index contributed by atoms with van der Waals surface area (Å²) in [4.78, 5) is 47.1. The normalized spacial score (nSPS) is 15.0. The maximum Gasteiger partial charge on any atom is 0.261 e. The van der Waals surface area contributed by atoms with E-state index in [4.69, 9.17) is 4.74 Å². The Bertz CT molecular complexity index is 2100. The highest BCUT2D eigenvalue weighted by Crippen LogP contribution is 2.36. The number of rotatable bonds is 7. The quantitative estimate of drug-likeness (QED) is 0.214. The lowest BCUT2D eigenvalue weighted by Gasteiger charge is -2.35. The monoisotopic (exact) mass is 668 g/mol. The summed E-state index contributed by atoms with van der Waals surface area (Å²) in [5.41, 5.74) is 8.16. The third kappa shape index (κ3) is 6.11. The van der Waals surface area contributed by atoms with Gasteiger partial charge in [-0.25, -0.2) is 0 Å². The minimum absolute atomic E-state index is 0.0158. The molecule has 0 saturated heterocycles. The lowest BCUT2D eigenvalue weighted by atomic mass is 9.92. The molecule has 0 aliphatic carbocycles. The molecule has 7 rings (SSSR count). The number of aromatic hydroxyl groups is 1. The van der Waals surface area contributed by atoms with Crippen molar-refractivity contribution in [1.82, 2.24) is 14.4 Å². The van der Waals surface area contributed by atoms with Crippen LogP contribution in [0.3, 0.4) is 0 Å². The number of phenols is 1. The van der Waals surface area contributed by atoms with Gasteiger partial charge in [0, 0.05) is 68.0 Å². The van der Waals surface area contributed by atoms with E-state index in [-0.39, 0.29) is 36.1 Å². The number of ether oxygens (including phenoxy) is 1. The van der Waals surface area contributed by atoms with Gasteiger partial charge in [0.15, 0.2) is 6.61 Å². The third-order valence-electron chi connectivity index (χ3n) is 10.1. The number of aromatic nitrogens is 1. The van der Waals surface area contributed by atoms with Crippen LogP contribution >= 0.6 is 0 Å². The van der Waals surface area contributed by atoms with Crippen LogP contribution in [0.15, 0.2) is 97.1 Å². The smallest absolute Gasteiger partial charge is 0.261 e. The minimum Gasteiger partial charge on any atom is -0.508 e. The molecule has 50 heavy (non-hydrogen) atoms. The number of para-hydroxylation sites is 1. The van der Waals surface area contributed by atoms with Gasteiger partial charge in [0.25, 0.3) is 17.7 Å². The van der Waals surface area contributed by atoms with E-state index in [9.17, 15) is 19.5 Å². The van der Waals surface area contributed by atoms with Gasteiger partial charge in [0.05, 0.1) is 5.56 Å². The van der Waals surface area contributed by atoms with Crippen LogP contribution in [0.2, 0.25) is 0 Å². The van der Waals surface area contributed by atoms with Gasteiger partial charge in [-0.1, -0.05) is 42.5 Å². The van der Waals surface area contributed by atoms with Crippen molar-refractivity contribution in [1.29, 1.82) is 0 Å². The Kier molecular flexibility index (Phi) is 8.65. The molecule has 1 N–H and O–H groups in total. The van der Waals surface area contributed by atoms with Gasteiger partial charge in [0.2, 0.25) is 0 Å². The molecule has 0 fully saturated rings. The Morgan fingerprint density at radius 1 is 0.820 bits per heavy atom. The van der Waals surface area contributed by atoms with Crippen LogP contribution in [0.1, 0.15) is 55.6 Å². The number of benzene rings is 4. The molecule has 3 heterocycles. The van der Waals surface area contributed by atoms with E-state index in [1.807, 2.05) is 84.1 Å². The fourth-order valence-electron chi connectivity index (χ4n) is 7.02. The number of carbonyl (C=O) groups is 3. The predicted molar refractivity (Wildman–Crippen MR) is 192 cm³/mol. The van der Waals surface area contributed by atoms with Crippen LogP contribution < -0.4 is 9.64 Å². The second-order valence-electron chi connectivity index (χ2n) is 13.2. The highest BCUT2D eigenvalue weighted by atomic mass is 16.5. The summed E-state index contributed by atoms with van der Waals surface area (Å²) in [6.45, 7) is 5.15. The summed E-state index contributed by atoms with van der Waals surface area (Å²) in [6.07, 6.45) is 0.761. The van der Waals surface area contributed by atoms with Crippen LogP contribution in [0.25, 0.3) is 11.3 Å². The summed E-state index contributed by atoms with van der Waals surface area (Å²) in [7, 11) is 3.61. The molecule has 9 heteroatoms. The molecular formula is C41H40N4O5. The SMILES string of the molecule is Cc1c(C(=O)N(C)c2ccc(O)cc2)cc(-c2cc3c(cc2C(=O)N2Cc4ccccc4C[C@H]2C)CN(C(=O)COc2ccccc2)C3)n1C. The Labute approximate surface area is 291 Å². The topological polar surface area (TPSA) is 95.3 Å². The summed E-state index contributed by atoms with van der Waals surface area (Å²) in [5, 5.41) is 9.76. The van der Waals surface area contributed by atoms with Gasteiger partial charge < -0.3 is 29.1 Å². The van der Waals surface area contributed by atoms with Crippen molar-refractivity contribution < 1.29 is 24.2 Å². The largest absolute Gasteiger partial charge is 0.508 e. The van der Waals surface area contributed by atoms with E-state index in [2.05, 4.69) is 19.1 Å². The summed E-state index contributed by atoms with van der Waals surface area (Å²) in [6, 6.07) is 29.8. The summed E-state index contributed by atoms with van der Waals surface area (Å²) in [5.74, 6) is 0.318. The number of fused-ring (bicyclic) bond motifs is 2. The fraction of sp³-hybridized carbons (Fsp3) is 0.244. The van der Waals surface area contributed by atoms with Gasteiger partial charge in [-0.05, 0) is 97.1 Å². The maximum atomic E-state index is 14.7. The number of anilines is 1. The second kappa shape index (κ2) is 13.2. The molecule has 4 aromatic carbocycles. The van der Waals surface area contributed by atoms with Crippen molar-refractivity contribution in [2.45, 2.75) is 45.9 Å². The van der Waals surface area contributed by atoms with Crippen molar-refractivity contribution in [3.05, 3.63) is 136 Å². The number of hydrogen-bond acceptors (Lipinski definition) is 5. The van der Waals surface area contributed by atoms with Crippen LogP contribution in [-0.4, -0.2) is 56.9 Å². The number of amides is 3. The first kappa shape index (κ1) is 32.7. The zero-order valence-corrected chi connectivity index (χ0v) is 28.7. The zero-order valence-electron chi connectivity index (χ0n) is 28.7. The van der Waals surface area contributed by atoms with E-state index in [1.54, 1.807) is 41.1 Å².